The Kier molecular flexibility index (Phi) is 5.10. The lowest BCUT2D eigenvalue weighted by molar-refractivity contribution is 0.102. The fraction of sp³-hybridized carbons (Fsp3) is 0.235. The van der Waals surface area contributed by atoms with Crippen molar-refractivity contribution in [3.8, 4) is 6.07 Å². The van der Waals surface area contributed by atoms with Gasteiger partial charge >= 0.3 is 0 Å². The molecule has 0 aliphatic heterocycles. The summed E-state index contributed by atoms with van der Waals surface area (Å²) in [5.74, 6) is -0.274. The first-order valence-electron chi connectivity index (χ1n) is 7.20. The van der Waals surface area contributed by atoms with Crippen LogP contribution in [0.3, 0.4) is 0 Å². The molecule has 1 amide bonds. The number of para-hydroxylation sites is 1. The van der Waals surface area contributed by atoms with Gasteiger partial charge in [0.05, 0.1) is 28.7 Å². The number of hydrogen-bond acceptors (Lipinski definition) is 4. The zero-order chi connectivity index (χ0) is 15.9. The van der Waals surface area contributed by atoms with Crippen LogP contribution >= 0.6 is 0 Å². The number of aromatic nitrogens is 1. The van der Waals surface area contributed by atoms with Crippen LogP contribution in [-0.2, 0) is 0 Å². The third-order valence-electron chi connectivity index (χ3n) is 3.41. The van der Waals surface area contributed by atoms with E-state index in [-0.39, 0.29) is 5.91 Å². The van der Waals surface area contributed by atoms with Crippen molar-refractivity contribution in [2.75, 3.05) is 23.3 Å². The third-order valence-corrected chi connectivity index (χ3v) is 3.41. The van der Waals surface area contributed by atoms with Gasteiger partial charge in [0.2, 0.25) is 0 Å². The van der Waals surface area contributed by atoms with E-state index in [0.29, 0.717) is 16.8 Å². The molecule has 0 fully saturated rings. The number of nitrogens with zero attached hydrogens (tertiary/aromatic N) is 3. The molecule has 1 aromatic heterocycles. The molecule has 2 rings (SSSR count). The first-order chi connectivity index (χ1) is 10.7. The van der Waals surface area contributed by atoms with E-state index in [1.165, 1.54) is 6.20 Å². The van der Waals surface area contributed by atoms with E-state index in [2.05, 4.69) is 35.1 Å². The molecule has 0 atom stereocenters. The lowest BCUT2D eigenvalue weighted by Crippen LogP contribution is -2.22. The molecule has 5 heteroatoms. The zero-order valence-corrected chi connectivity index (χ0v) is 12.7. The van der Waals surface area contributed by atoms with Crippen LogP contribution in [0.15, 0.2) is 42.7 Å². The number of nitriles is 1. The van der Waals surface area contributed by atoms with E-state index in [1.807, 2.05) is 6.07 Å². The Labute approximate surface area is 130 Å². The maximum Gasteiger partial charge on any atom is 0.257 e. The van der Waals surface area contributed by atoms with Crippen molar-refractivity contribution in [3.05, 3.63) is 53.9 Å². The van der Waals surface area contributed by atoms with Gasteiger partial charge in [-0.2, -0.15) is 5.26 Å². The van der Waals surface area contributed by atoms with Crippen molar-refractivity contribution < 1.29 is 4.79 Å². The first kappa shape index (κ1) is 15.5. The Balaban J connectivity index is 2.23. The normalized spacial score (nSPS) is 9.86. The number of carbonyl (C=O) groups is 1. The largest absolute Gasteiger partial charge is 0.371 e. The van der Waals surface area contributed by atoms with Gasteiger partial charge < -0.3 is 10.2 Å². The Morgan fingerprint density at radius 3 is 2.68 bits per heavy atom. The van der Waals surface area contributed by atoms with Gasteiger partial charge in [0.1, 0.15) is 6.07 Å². The van der Waals surface area contributed by atoms with Gasteiger partial charge in [-0.05, 0) is 32.0 Å². The van der Waals surface area contributed by atoms with Crippen LogP contribution in [0, 0.1) is 11.3 Å². The van der Waals surface area contributed by atoms with Crippen molar-refractivity contribution in [3.63, 3.8) is 0 Å². The molecule has 5 nitrogen and oxygen atoms in total. The molecule has 1 N–H and O–H groups in total. The zero-order valence-electron chi connectivity index (χ0n) is 12.7. The highest BCUT2D eigenvalue weighted by Gasteiger charge is 2.11. The molecule has 0 aliphatic carbocycles. The second-order valence-electron chi connectivity index (χ2n) is 4.72. The highest BCUT2D eigenvalue weighted by molar-refractivity contribution is 6.05. The van der Waals surface area contributed by atoms with Crippen molar-refractivity contribution in [1.29, 1.82) is 5.26 Å². The van der Waals surface area contributed by atoms with E-state index in [4.69, 9.17) is 5.26 Å². The Hall–Kier alpha value is -2.87. The molecule has 0 aliphatic rings. The smallest absolute Gasteiger partial charge is 0.257 e. The fourth-order valence-electron chi connectivity index (χ4n) is 2.20. The summed E-state index contributed by atoms with van der Waals surface area (Å²) in [6.45, 7) is 5.81. The summed E-state index contributed by atoms with van der Waals surface area (Å²) in [5, 5.41) is 11.8. The predicted molar refractivity (Wildman–Crippen MR) is 86.9 cm³/mol. The van der Waals surface area contributed by atoms with Crippen LogP contribution in [0.25, 0.3) is 0 Å². The third kappa shape index (κ3) is 3.41. The van der Waals surface area contributed by atoms with Gasteiger partial charge in [-0.1, -0.05) is 12.1 Å². The first-order valence-corrected chi connectivity index (χ1v) is 7.20. The van der Waals surface area contributed by atoms with E-state index in [1.54, 1.807) is 30.5 Å². The van der Waals surface area contributed by atoms with Gasteiger partial charge in [-0.3, -0.25) is 9.78 Å². The number of anilines is 2. The summed E-state index contributed by atoms with van der Waals surface area (Å²) in [7, 11) is 0. The van der Waals surface area contributed by atoms with Gasteiger partial charge in [-0.15, -0.1) is 0 Å². The molecule has 1 aromatic carbocycles. The number of rotatable bonds is 5. The summed E-state index contributed by atoms with van der Waals surface area (Å²) in [4.78, 5) is 18.6. The van der Waals surface area contributed by atoms with Crippen LogP contribution in [0.4, 0.5) is 11.4 Å². The summed E-state index contributed by atoms with van der Waals surface area (Å²) < 4.78 is 0. The summed E-state index contributed by atoms with van der Waals surface area (Å²) in [6.07, 6.45) is 3.27. The number of carbonyl (C=O) groups excluding carboxylic acids is 1. The van der Waals surface area contributed by atoms with Crippen LogP contribution in [0.5, 0.6) is 0 Å². The molecule has 0 unspecified atom stereocenters. The molecular weight excluding hydrogens is 276 g/mol. The molecule has 0 bridgehead atoms. The lowest BCUT2D eigenvalue weighted by atomic mass is 10.1. The van der Waals surface area contributed by atoms with Crippen LogP contribution in [0.1, 0.15) is 29.8 Å². The topological polar surface area (TPSA) is 69.0 Å². The molecular formula is C17H18N4O. The standard InChI is InChI=1S/C17H18N4O/c1-3-21(4-2)15-9-14(11-19-12-15)17(22)20-16-8-6-5-7-13(16)10-18/h5-9,11-12H,3-4H2,1-2H3,(H,20,22). The average Bonchev–Trinajstić information content (AvgIpc) is 2.57. The van der Waals surface area contributed by atoms with Crippen LogP contribution in [-0.4, -0.2) is 24.0 Å². The number of benzene rings is 1. The van der Waals surface area contributed by atoms with Crippen molar-refractivity contribution in [2.45, 2.75) is 13.8 Å². The second-order valence-corrected chi connectivity index (χ2v) is 4.72. The highest BCUT2D eigenvalue weighted by atomic mass is 16.1. The van der Waals surface area contributed by atoms with Gasteiger partial charge in [-0.25, -0.2) is 0 Å². The maximum absolute atomic E-state index is 12.4. The Bertz CT molecular complexity index is 702. The predicted octanol–water partition coefficient (Wildman–Crippen LogP) is 3.05. The average molecular weight is 294 g/mol. The van der Waals surface area contributed by atoms with Crippen molar-refractivity contribution in [1.82, 2.24) is 4.98 Å². The summed E-state index contributed by atoms with van der Waals surface area (Å²) in [5.41, 5.74) is 2.32. The highest BCUT2D eigenvalue weighted by Crippen LogP contribution is 2.17. The van der Waals surface area contributed by atoms with E-state index in [9.17, 15) is 4.79 Å². The quantitative estimate of drug-likeness (QED) is 0.920. The van der Waals surface area contributed by atoms with Crippen molar-refractivity contribution in [2.24, 2.45) is 0 Å². The van der Waals surface area contributed by atoms with Crippen LogP contribution < -0.4 is 10.2 Å². The molecule has 22 heavy (non-hydrogen) atoms. The number of nitrogens with one attached hydrogen (secondary N) is 1. The number of pyridine rings is 1. The van der Waals surface area contributed by atoms with Gasteiger partial charge in [0.15, 0.2) is 0 Å². The minimum atomic E-state index is -0.274. The molecule has 112 valence electrons. The van der Waals surface area contributed by atoms with Gasteiger partial charge in [0, 0.05) is 19.3 Å². The fourth-order valence-corrected chi connectivity index (χ4v) is 2.20. The summed E-state index contributed by atoms with van der Waals surface area (Å²) >= 11 is 0. The number of amides is 1. The second kappa shape index (κ2) is 7.23. The molecule has 0 spiro atoms. The minimum Gasteiger partial charge on any atom is -0.371 e. The lowest BCUT2D eigenvalue weighted by Gasteiger charge is -2.20. The number of hydrogen-bond donors (Lipinski definition) is 1. The minimum absolute atomic E-state index is 0.274. The van der Waals surface area contributed by atoms with E-state index < -0.39 is 0 Å². The molecule has 0 saturated heterocycles. The summed E-state index contributed by atoms with van der Waals surface area (Å²) in [6, 6.07) is 10.8. The maximum atomic E-state index is 12.4. The molecule has 0 saturated carbocycles. The van der Waals surface area contributed by atoms with Crippen LogP contribution in [0.2, 0.25) is 0 Å². The monoisotopic (exact) mass is 294 g/mol. The molecule has 1 heterocycles. The molecule has 2 aromatic rings. The Morgan fingerprint density at radius 2 is 2.00 bits per heavy atom. The van der Waals surface area contributed by atoms with E-state index >= 15 is 0 Å². The molecule has 0 radical (unpaired) electrons. The van der Waals surface area contributed by atoms with Gasteiger partial charge in [0.25, 0.3) is 5.91 Å². The van der Waals surface area contributed by atoms with Crippen molar-refractivity contribution >= 4 is 17.3 Å². The Morgan fingerprint density at radius 1 is 1.27 bits per heavy atom. The SMILES string of the molecule is CCN(CC)c1cncc(C(=O)Nc2ccccc2C#N)c1. The van der Waals surface area contributed by atoms with E-state index in [0.717, 1.165) is 18.8 Å².